The van der Waals surface area contributed by atoms with Crippen LogP contribution in [0.15, 0.2) is 491 Å². The molecule has 0 unspecified atom stereocenters. The number of benzene rings is 18. The zero-order valence-electron chi connectivity index (χ0n) is 74.5. The SMILES string of the molecule is c1ccc(-c2cc(-c3ccc(-c4c5ccccc5n5c4sc4cccc(-c6ccccc6)c45)cc3)nc(-c3ccccc3)n2)cc1.c1ccc(-c2ccc3c(c2)sc2c(-c4ccc(-c5cc(-c6ccccc6)nc(-c6ccccc6)n5)cc4)c4ccccc4n23)cc1.c1ccc(-c2ccc3sc4c(-c5ccc(-c6cc(-c7ccccc7)nc(-c7ccccc7)n6)cc5)c5ccccc5n4c3c2)cc1. The minimum atomic E-state index is 0.723. The highest BCUT2D eigenvalue weighted by Crippen LogP contribution is 2.49. The average Bonchev–Trinajstić information content (AvgIpc) is 1.57. The first-order chi connectivity index (χ1) is 68.4. The summed E-state index contributed by atoms with van der Waals surface area (Å²) in [6, 6.07) is 173. The number of aromatic nitrogens is 9. The molecular weight excluding hydrogens is 1740 g/mol. The van der Waals surface area contributed by atoms with Gasteiger partial charge in [-0.25, -0.2) is 29.9 Å². The van der Waals surface area contributed by atoms with Crippen LogP contribution in [0.25, 0.3) is 246 Å². The van der Waals surface area contributed by atoms with Gasteiger partial charge in [0.25, 0.3) is 0 Å². The van der Waals surface area contributed by atoms with Crippen LogP contribution in [0.1, 0.15) is 0 Å². The van der Waals surface area contributed by atoms with Crippen molar-refractivity contribution in [3.05, 3.63) is 491 Å². The summed E-state index contributed by atoms with van der Waals surface area (Å²) in [5.74, 6) is 2.17. The van der Waals surface area contributed by atoms with Gasteiger partial charge in [0.1, 0.15) is 14.5 Å². The molecule has 0 bridgehead atoms. The molecule has 648 valence electrons. The van der Waals surface area contributed by atoms with Crippen molar-refractivity contribution in [1.29, 1.82) is 0 Å². The summed E-state index contributed by atoms with van der Waals surface area (Å²) >= 11 is 5.57. The van der Waals surface area contributed by atoms with Crippen molar-refractivity contribution in [3.8, 4) is 168 Å². The molecule has 27 aromatic rings. The van der Waals surface area contributed by atoms with Crippen molar-refractivity contribution in [3.63, 3.8) is 0 Å². The first-order valence-electron chi connectivity index (χ1n) is 46.3. The zero-order chi connectivity index (χ0) is 91.4. The lowest BCUT2D eigenvalue weighted by atomic mass is 10.0. The fraction of sp³-hybridized carbons (Fsp3) is 0. The number of hydrogen-bond donors (Lipinski definition) is 0. The third-order valence-electron chi connectivity index (χ3n) is 25.9. The van der Waals surface area contributed by atoms with Crippen molar-refractivity contribution < 1.29 is 0 Å². The molecule has 9 aromatic heterocycles. The summed E-state index contributed by atoms with van der Waals surface area (Å²) < 4.78 is 11.2. The van der Waals surface area contributed by atoms with Gasteiger partial charge < -0.3 is 0 Å². The molecule has 9 heterocycles. The van der Waals surface area contributed by atoms with Crippen LogP contribution >= 0.6 is 34.0 Å². The third-order valence-corrected chi connectivity index (χ3v) is 29.3. The summed E-state index contributed by atoms with van der Waals surface area (Å²) in [5, 5.41) is 3.77. The fourth-order valence-electron chi connectivity index (χ4n) is 19.3. The number of fused-ring (bicyclic) bond motifs is 15. The molecule has 0 atom stereocenters. The highest BCUT2D eigenvalue weighted by molar-refractivity contribution is 7.25. The highest BCUT2D eigenvalue weighted by Gasteiger charge is 2.26. The van der Waals surface area contributed by atoms with Crippen molar-refractivity contribution in [2.45, 2.75) is 0 Å². The molecule has 0 saturated heterocycles. The average molecular weight is 1820 g/mol. The van der Waals surface area contributed by atoms with Crippen LogP contribution in [-0.2, 0) is 0 Å². The highest BCUT2D eigenvalue weighted by atomic mass is 32.1. The van der Waals surface area contributed by atoms with E-state index in [1.54, 1.807) is 0 Å². The van der Waals surface area contributed by atoms with E-state index in [-0.39, 0.29) is 0 Å². The molecule has 0 N–H and O–H groups in total. The second-order valence-electron chi connectivity index (χ2n) is 34.3. The molecule has 0 radical (unpaired) electrons. The van der Waals surface area contributed by atoms with Crippen LogP contribution in [0.4, 0.5) is 0 Å². The molecule has 0 fully saturated rings. The van der Waals surface area contributed by atoms with E-state index in [0.717, 1.165) is 102 Å². The lowest BCUT2D eigenvalue weighted by Gasteiger charge is -2.10. The monoisotopic (exact) mass is 1820 g/mol. The lowest BCUT2D eigenvalue weighted by Crippen LogP contribution is -1.95. The van der Waals surface area contributed by atoms with Gasteiger partial charge in [-0.1, -0.05) is 425 Å². The molecule has 0 amide bonds. The summed E-state index contributed by atoms with van der Waals surface area (Å²) in [6.45, 7) is 0. The topological polar surface area (TPSA) is 90.6 Å². The first-order valence-corrected chi connectivity index (χ1v) is 48.7. The maximum absolute atomic E-state index is 5.05. The van der Waals surface area contributed by atoms with E-state index in [9.17, 15) is 0 Å². The number of nitrogens with zero attached hydrogens (tertiary/aromatic N) is 9. The number of rotatable bonds is 15. The van der Waals surface area contributed by atoms with Crippen LogP contribution in [0.3, 0.4) is 0 Å². The Kier molecular flexibility index (Phi) is 21.4. The molecule has 0 aliphatic rings. The number of hydrogen-bond acceptors (Lipinski definition) is 9. The Bertz CT molecular complexity index is 8840. The summed E-state index contributed by atoms with van der Waals surface area (Å²) in [6.07, 6.45) is 0. The molecule has 12 heteroatoms. The summed E-state index contributed by atoms with van der Waals surface area (Å²) in [7, 11) is 0. The molecule has 0 spiro atoms. The smallest absolute Gasteiger partial charge is 0.160 e. The Hall–Kier alpha value is -17.5. The van der Waals surface area contributed by atoms with E-state index >= 15 is 0 Å². The van der Waals surface area contributed by atoms with Gasteiger partial charge in [0.15, 0.2) is 17.5 Å². The normalized spacial score (nSPS) is 11.5. The lowest BCUT2D eigenvalue weighted by molar-refractivity contribution is 1.18. The predicted molar refractivity (Wildman–Crippen MR) is 579 cm³/mol. The molecule has 138 heavy (non-hydrogen) atoms. The van der Waals surface area contributed by atoms with E-state index in [1.165, 1.54) is 145 Å². The second-order valence-corrected chi connectivity index (χ2v) is 37.4. The van der Waals surface area contributed by atoms with Crippen molar-refractivity contribution in [1.82, 2.24) is 43.1 Å². The maximum Gasteiger partial charge on any atom is 0.160 e. The van der Waals surface area contributed by atoms with Gasteiger partial charge >= 0.3 is 0 Å². The molecule has 27 rings (SSSR count). The number of thiazole rings is 3. The van der Waals surface area contributed by atoms with E-state index < -0.39 is 0 Å². The zero-order valence-corrected chi connectivity index (χ0v) is 77.0. The van der Waals surface area contributed by atoms with Gasteiger partial charge in [-0.3, -0.25) is 13.2 Å². The van der Waals surface area contributed by atoms with E-state index in [1.807, 2.05) is 143 Å². The molecule has 0 aliphatic heterocycles. The van der Waals surface area contributed by atoms with Gasteiger partial charge in [-0.15, -0.1) is 34.0 Å². The minimum Gasteiger partial charge on any atom is -0.299 e. The van der Waals surface area contributed by atoms with Crippen molar-refractivity contribution in [2.24, 2.45) is 0 Å². The van der Waals surface area contributed by atoms with Gasteiger partial charge in [0.2, 0.25) is 0 Å². The fourth-order valence-corrected chi connectivity index (χ4v) is 23.0. The van der Waals surface area contributed by atoms with Crippen LogP contribution in [0.5, 0.6) is 0 Å². The minimum absolute atomic E-state index is 0.723. The van der Waals surface area contributed by atoms with Gasteiger partial charge in [0, 0.05) is 88.5 Å². The predicted octanol–water partition coefficient (Wildman–Crippen LogP) is 34.3. The Morgan fingerprint density at radius 2 is 0.420 bits per heavy atom. The standard InChI is InChI=1S/3C42H27N3S/c1-4-13-28(14-5-1)33-20-12-22-38-40(33)45-37-21-11-10-19-34(37)39(42(45)46-38)31-25-23-30(24-26-31)36-27-35(29-15-6-2-7-16-29)43-41(44-36)32-17-8-3-9-18-32;1-4-12-28(13-5-1)33-24-25-39-38(26-33)45-37-19-11-10-18-34(37)40(42(45)46-39)31-22-20-30(21-23-31)36-27-35(29-14-6-2-7-15-29)43-41(44-36)32-16-8-3-9-17-32;1-4-12-28(13-5-1)33-24-25-38-39(26-33)46-42-40(34-18-10-11-19-37(34)45(38)42)31-22-20-30(21-23-31)36-27-35(29-14-6-2-7-15-29)43-41(44-36)32-16-8-3-9-17-32/h3*1-27H. The van der Waals surface area contributed by atoms with Crippen molar-refractivity contribution in [2.75, 3.05) is 0 Å². The van der Waals surface area contributed by atoms with Gasteiger partial charge in [0.05, 0.1) is 81.4 Å². The van der Waals surface area contributed by atoms with Gasteiger partial charge in [-0.05, 0) is 111 Å². The Balaban J connectivity index is 0.000000110. The Morgan fingerprint density at radius 1 is 0.152 bits per heavy atom. The molecule has 18 aromatic carbocycles. The van der Waals surface area contributed by atoms with E-state index in [2.05, 4.69) is 395 Å². The molecule has 0 saturated carbocycles. The third kappa shape index (κ3) is 15.4. The van der Waals surface area contributed by atoms with Crippen LogP contribution in [-0.4, -0.2) is 43.1 Å². The molecule has 9 nitrogen and oxygen atoms in total. The van der Waals surface area contributed by atoms with Gasteiger partial charge in [-0.2, -0.15) is 0 Å². The summed E-state index contributed by atoms with van der Waals surface area (Å²) in [4.78, 5) is 33.8. The van der Waals surface area contributed by atoms with E-state index in [0.29, 0.717) is 0 Å². The Labute approximate surface area is 808 Å². The maximum atomic E-state index is 5.05. The first kappa shape index (κ1) is 82.4. The quantitative estimate of drug-likeness (QED) is 0.102. The van der Waals surface area contributed by atoms with Crippen LogP contribution in [0, 0.1) is 0 Å². The van der Waals surface area contributed by atoms with Crippen molar-refractivity contribution >= 4 is 112 Å². The second kappa shape index (κ2) is 35.8. The van der Waals surface area contributed by atoms with Crippen LogP contribution in [0.2, 0.25) is 0 Å². The molecular formula is C126H81N9S3. The molecule has 0 aliphatic carbocycles. The largest absolute Gasteiger partial charge is 0.299 e. The van der Waals surface area contributed by atoms with E-state index in [4.69, 9.17) is 29.9 Å². The Morgan fingerprint density at radius 3 is 0.797 bits per heavy atom. The number of para-hydroxylation sites is 4. The van der Waals surface area contributed by atoms with Crippen LogP contribution < -0.4 is 0 Å². The summed E-state index contributed by atoms with van der Waals surface area (Å²) in [5.41, 5.74) is 37.0.